The van der Waals surface area contributed by atoms with Crippen molar-refractivity contribution in [2.45, 2.75) is 142 Å². The molecule has 0 rings (SSSR count). The molecule has 200 valence electrons. The molecule has 0 aromatic heterocycles. The second-order valence-corrected chi connectivity index (χ2v) is 13.4. The van der Waals surface area contributed by atoms with Crippen molar-refractivity contribution in [2.24, 2.45) is 0 Å². The van der Waals surface area contributed by atoms with Gasteiger partial charge in [0.25, 0.3) is 0 Å². The first-order chi connectivity index (χ1) is 14.9. The van der Waals surface area contributed by atoms with Crippen LogP contribution in [-0.2, 0) is 43.1 Å². The van der Waals surface area contributed by atoms with Crippen LogP contribution in [0.15, 0.2) is 0 Å². The van der Waals surface area contributed by atoms with E-state index < -0.39 is 13.4 Å². The second-order valence-electron chi connectivity index (χ2n) is 8.39. The molecule has 0 amide bonds. The number of hydrogen-bond acceptors (Lipinski definition) is 2. The van der Waals surface area contributed by atoms with Crippen LogP contribution in [0.3, 0.4) is 0 Å². The summed E-state index contributed by atoms with van der Waals surface area (Å²) in [5.74, 6) is 0. The van der Waals surface area contributed by atoms with E-state index >= 15 is 0 Å². The van der Waals surface area contributed by atoms with Gasteiger partial charge in [0.2, 0.25) is 0 Å². The Morgan fingerprint density at radius 1 is 0.364 bits per heavy atom. The van der Waals surface area contributed by atoms with Crippen LogP contribution < -0.4 is 0 Å². The van der Waals surface area contributed by atoms with Crippen LogP contribution in [0.2, 0.25) is 0 Å². The van der Waals surface area contributed by atoms with E-state index in [4.69, 9.17) is 29.4 Å². The van der Waals surface area contributed by atoms with Crippen molar-refractivity contribution in [1.82, 2.24) is 0 Å². The van der Waals surface area contributed by atoms with Gasteiger partial charge in [0.15, 0.2) is 0 Å². The van der Waals surface area contributed by atoms with Crippen LogP contribution in [0.1, 0.15) is 142 Å². The molecular weight excluding hydrogens is 552 g/mol. The summed E-state index contributed by atoms with van der Waals surface area (Å²) in [5.41, 5.74) is 0. The van der Waals surface area contributed by atoms with Gasteiger partial charge in [-0.2, -0.15) is 0 Å². The molecule has 0 saturated heterocycles. The minimum atomic E-state index is -3.81. The Morgan fingerprint density at radius 2 is 0.455 bits per heavy atom. The minimum Gasteiger partial charge on any atom is -0.325 e. The van der Waals surface area contributed by atoms with E-state index in [1.807, 2.05) is 0 Å². The van der Waals surface area contributed by atoms with Gasteiger partial charge >= 0.3 is 13.4 Å². The van der Waals surface area contributed by atoms with Gasteiger partial charge < -0.3 is 29.4 Å². The molecule has 0 unspecified atom stereocenters. The Hall–Kier alpha value is 1.68. The van der Waals surface area contributed by atoms with Crippen LogP contribution in [0.5, 0.6) is 0 Å². The summed E-state index contributed by atoms with van der Waals surface area (Å²) in [6.07, 6.45) is 29.4. The molecule has 6 nitrogen and oxygen atoms in total. The summed E-state index contributed by atoms with van der Waals surface area (Å²) in [4.78, 5) is 45.3. The first kappa shape index (κ1) is 41.8. The number of hydrogen-bond donors (Lipinski definition) is 6. The predicted octanol–water partition coefficient (Wildman–Crippen LogP) is 7.20. The Morgan fingerprint density at radius 3 is 0.545 bits per heavy atom. The normalized spacial score (nSPS) is 11.0. The molecule has 0 heterocycles. The quantitative estimate of drug-likeness (QED) is 0.0521. The van der Waals surface area contributed by atoms with Crippen LogP contribution in [0.4, 0.5) is 0 Å². The zero-order chi connectivity index (χ0) is 25.1. The van der Waals surface area contributed by atoms with Gasteiger partial charge in [-0.15, -0.1) is 0 Å². The van der Waals surface area contributed by atoms with E-state index in [1.54, 1.807) is 0 Å². The van der Waals surface area contributed by atoms with Gasteiger partial charge in [-0.25, -0.2) is 0 Å². The molecule has 0 bridgehead atoms. The maximum absolute atomic E-state index is 7.56. The number of unbranched alkanes of at least 4 members (excludes halogenated alkanes) is 19. The maximum atomic E-state index is 7.56. The monoisotopic (exact) mass is 602 g/mol. The topological polar surface area (TPSA) is 121 Å². The van der Waals surface area contributed by atoms with E-state index in [2.05, 4.69) is 37.5 Å². The van der Waals surface area contributed by atoms with Gasteiger partial charge in [0.05, 0.1) is 0 Å². The predicted molar refractivity (Wildman–Crippen MR) is 146 cm³/mol. The fourth-order valence-corrected chi connectivity index (χ4v) is 3.33. The largest absolute Gasteiger partial charge is 0.325 e. The zero-order valence-electron chi connectivity index (χ0n) is 21.2. The fraction of sp³-hybridized carbons (Fsp3) is 1.00. The standard InChI is InChI=1S/C22H46.2H3O3PS.Zn/c1-3-5-7-9-11-13-15-17-19-21-22-20-18-16-14-12-10-8-6-4-2;2*1-4(2,3)5;/h3-22H2,1-2H3;2*(H3,1,2,3,5);. The first-order valence-corrected chi connectivity index (χ1v) is 17.8. The smallest absolute Gasteiger partial charge is 0.319 e. The van der Waals surface area contributed by atoms with Crippen LogP contribution in [0, 0.1) is 0 Å². The minimum absolute atomic E-state index is 0. The first-order valence-electron chi connectivity index (χ1n) is 12.5. The third kappa shape index (κ3) is 79.0. The molecule has 33 heavy (non-hydrogen) atoms. The molecule has 0 aliphatic rings. The second kappa shape index (κ2) is 31.7. The number of rotatable bonds is 19. The third-order valence-electron chi connectivity index (χ3n) is 4.96. The van der Waals surface area contributed by atoms with Crippen LogP contribution in [0.25, 0.3) is 0 Å². The average Bonchev–Trinajstić information content (AvgIpc) is 2.64. The van der Waals surface area contributed by atoms with Crippen molar-refractivity contribution in [3.8, 4) is 0 Å². The molecule has 11 heteroatoms. The third-order valence-corrected chi connectivity index (χ3v) is 4.96. The molecule has 6 N–H and O–H groups in total. The fourth-order valence-electron chi connectivity index (χ4n) is 3.33. The Kier molecular flexibility index (Phi) is 40.2. The molecule has 0 aliphatic carbocycles. The Bertz CT molecular complexity index is 394. The molecule has 0 radical (unpaired) electrons. The summed E-state index contributed by atoms with van der Waals surface area (Å²) in [6.45, 7) is -3.01. The summed E-state index contributed by atoms with van der Waals surface area (Å²) in [5, 5.41) is 0. The van der Waals surface area contributed by atoms with Gasteiger partial charge in [0, 0.05) is 19.5 Å². The maximum Gasteiger partial charge on any atom is 0.319 e. The molecular formula is C22H52O6P2S2Zn. The molecule has 0 saturated carbocycles. The van der Waals surface area contributed by atoms with Gasteiger partial charge in [-0.3, -0.25) is 0 Å². The van der Waals surface area contributed by atoms with E-state index in [0.29, 0.717) is 0 Å². The summed E-state index contributed by atoms with van der Waals surface area (Å²) in [7, 11) is 0. The van der Waals surface area contributed by atoms with Gasteiger partial charge in [-0.05, 0) is 23.6 Å². The summed E-state index contributed by atoms with van der Waals surface area (Å²) >= 11 is 7.21. The molecule has 0 atom stereocenters. The Balaban J connectivity index is -0.000000318. The zero-order valence-corrected chi connectivity index (χ0v) is 27.6. The van der Waals surface area contributed by atoms with Crippen molar-refractivity contribution in [1.29, 1.82) is 0 Å². The summed E-state index contributed by atoms with van der Waals surface area (Å²) < 4.78 is 0. The van der Waals surface area contributed by atoms with E-state index in [-0.39, 0.29) is 19.5 Å². The average molecular weight is 604 g/mol. The van der Waals surface area contributed by atoms with Crippen LogP contribution >= 0.6 is 13.4 Å². The van der Waals surface area contributed by atoms with E-state index in [0.717, 1.165) is 0 Å². The van der Waals surface area contributed by atoms with Crippen molar-refractivity contribution in [3.05, 3.63) is 0 Å². The van der Waals surface area contributed by atoms with Gasteiger partial charge in [-0.1, -0.05) is 142 Å². The van der Waals surface area contributed by atoms with Crippen molar-refractivity contribution in [2.75, 3.05) is 0 Å². The van der Waals surface area contributed by atoms with Crippen molar-refractivity contribution in [3.63, 3.8) is 0 Å². The van der Waals surface area contributed by atoms with Crippen molar-refractivity contribution >= 4 is 37.1 Å². The summed E-state index contributed by atoms with van der Waals surface area (Å²) in [6, 6.07) is 0. The molecule has 0 spiro atoms. The Labute approximate surface area is 227 Å². The van der Waals surface area contributed by atoms with E-state index in [9.17, 15) is 0 Å². The molecule has 0 fully saturated rings. The van der Waals surface area contributed by atoms with E-state index in [1.165, 1.54) is 128 Å². The van der Waals surface area contributed by atoms with Crippen LogP contribution in [-0.4, -0.2) is 29.4 Å². The van der Waals surface area contributed by atoms with Gasteiger partial charge in [0.1, 0.15) is 0 Å². The SMILES string of the molecule is CCCCCCCCCCCCCCCCCCCCCC.OP(O)(O)=S.OP(O)(O)=S.[Zn]. The molecule has 0 aromatic rings. The van der Waals surface area contributed by atoms with Crippen molar-refractivity contribution < 1.29 is 48.8 Å². The molecule has 0 aliphatic heterocycles. The molecule has 0 aromatic carbocycles.